The Morgan fingerprint density at radius 1 is 1.39 bits per heavy atom. The molecule has 0 aliphatic carbocycles. The topological polar surface area (TPSA) is 64.0 Å². The first kappa shape index (κ1) is 12.3. The van der Waals surface area contributed by atoms with Crippen molar-refractivity contribution in [2.75, 3.05) is 6.54 Å². The summed E-state index contributed by atoms with van der Waals surface area (Å²) in [6.45, 7) is 2.81. The number of rotatable bonds is 4. The van der Waals surface area contributed by atoms with Crippen LogP contribution in [-0.4, -0.2) is 22.0 Å². The predicted molar refractivity (Wildman–Crippen MR) is 69.3 cm³/mol. The summed E-state index contributed by atoms with van der Waals surface area (Å²) in [5.41, 5.74) is 0.571. The molecule has 1 heterocycles. The smallest absolute Gasteiger partial charge is 0.261 e. The Kier molecular flexibility index (Phi) is 3.72. The average molecular weight is 245 g/mol. The third-order valence-electron chi connectivity index (χ3n) is 2.69. The number of nitrogens with zero attached hydrogens (tertiary/aromatic N) is 2. The van der Waals surface area contributed by atoms with Gasteiger partial charge < -0.3 is 5.32 Å². The lowest BCUT2D eigenvalue weighted by molar-refractivity contribution is -0.121. The maximum absolute atomic E-state index is 12.1. The fourth-order valence-corrected chi connectivity index (χ4v) is 1.77. The highest BCUT2D eigenvalue weighted by Crippen LogP contribution is 2.04. The number of carbonyl (C=O) groups excluding carboxylic acids is 1. The summed E-state index contributed by atoms with van der Waals surface area (Å²) in [5.74, 6) is -0.0578. The molecule has 0 atom stereocenters. The van der Waals surface area contributed by atoms with Gasteiger partial charge in [-0.25, -0.2) is 4.98 Å². The lowest BCUT2D eigenvalue weighted by Crippen LogP contribution is -2.27. The van der Waals surface area contributed by atoms with Crippen LogP contribution in [0.4, 0.5) is 0 Å². The summed E-state index contributed by atoms with van der Waals surface area (Å²) < 4.78 is 1.47. The number of amides is 1. The Morgan fingerprint density at radius 3 is 2.94 bits per heavy atom. The molecule has 18 heavy (non-hydrogen) atoms. The summed E-state index contributed by atoms with van der Waals surface area (Å²) in [6.07, 6.45) is 1.78. The fourth-order valence-electron chi connectivity index (χ4n) is 1.77. The van der Waals surface area contributed by atoms with Crippen LogP contribution >= 0.6 is 0 Å². The normalized spacial score (nSPS) is 10.5. The van der Waals surface area contributed by atoms with E-state index in [1.54, 1.807) is 18.2 Å². The fraction of sp³-hybridized carbons (Fsp3) is 0.308. The molecule has 94 valence electrons. The lowest BCUT2D eigenvalue weighted by Gasteiger charge is -2.06. The zero-order valence-corrected chi connectivity index (χ0v) is 10.2. The molecule has 0 fully saturated rings. The standard InChI is InChI=1S/C13H15N3O2/c1-2-14-12(17)7-8-16-9-15-11-6-4-3-5-10(11)13(16)18/h3-6,9H,2,7-8H2,1H3,(H,14,17). The Balaban J connectivity index is 2.22. The average Bonchev–Trinajstić information content (AvgIpc) is 2.39. The highest BCUT2D eigenvalue weighted by molar-refractivity contribution is 5.77. The van der Waals surface area contributed by atoms with Gasteiger partial charge in [-0.05, 0) is 19.1 Å². The number of benzene rings is 1. The van der Waals surface area contributed by atoms with E-state index < -0.39 is 0 Å². The van der Waals surface area contributed by atoms with Crippen LogP contribution < -0.4 is 10.9 Å². The van der Waals surface area contributed by atoms with Gasteiger partial charge in [-0.1, -0.05) is 12.1 Å². The van der Waals surface area contributed by atoms with E-state index in [1.165, 1.54) is 10.9 Å². The largest absolute Gasteiger partial charge is 0.356 e. The Labute approximate surface area is 104 Å². The SMILES string of the molecule is CCNC(=O)CCn1cnc2ccccc2c1=O. The van der Waals surface area contributed by atoms with Crippen molar-refractivity contribution in [2.24, 2.45) is 0 Å². The van der Waals surface area contributed by atoms with Gasteiger partial charge in [0.2, 0.25) is 5.91 Å². The van der Waals surface area contributed by atoms with Crippen molar-refractivity contribution in [1.82, 2.24) is 14.9 Å². The van der Waals surface area contributed by atoms with Crippen molar-refractivity contribution in [1.29, 1.82) is 0 Å². The van der Waals surface area contributed by atoms with Crippen molar-refractivity contribution < 1.29 is 4.79 Å². The molecule has 1 aromatic heterocycles. The Morgan fingerprint density at radius 2 is 2.17 bits per heavy atom. The van der Waals surface area contributed by atoms with Gasteiger partial charge in [0.05, 0.1) is 17.2 Å². The molecule has 0 radical (unpaired) electrons. The van der Waals surface area contributed by atoms with Crippen molar-refractivity contribution in [3.8, 4) is 0 Å². The van der Waals surface area contributed by atoms with Gasteiger partial charge in [0, 0.05) is 19.5 Å². The van der Waals surface area contributed by atoms with Gasteiger partial charge >= 0.3 is 0 Å². The molecule has 1 aromatic carbocycles. The van der Waals surface area contributed by atoms with Crippen molar-refractivity contribution >= 4 is 16.8 Å². The minimum absolute atomic E-state index is 0.0578. The molecular formula is C13H15N3O2. The van der Waals surface area contributed by atoms with Crippen LogP contribution in [0.1, 0.15) is 13.3 Å². The van der Waals surface area contributed by atoms with Gasteiger partial charge in [-0.3, -0.25) is 14.2 Å². The molecule has 5 heteroatoms. The van der Waals surface area contributed by atoms with Crippen LogP contribution in [0.2, 0.25) is 0 Å². The van der Waals surface area contributed by atoms with Gasteiger partial charge in [-0.2, -0.15) is 0 Å². The molecule has 1 N–H and O–H groups in total. The summed E-state index contributed by atoms with van der Waals surface area (Å²) in [6, 6.07) is 7.19. The van der Waals surface area contributed by atoms with Crippen LogP contribution in [-0.2, 0) is 11.3 Å². The van der Waals surface area contributed by atoms with E-state index in [1.807, 2.05) is 13.0 Å². The molecule has 1 amide bonds. The zero-order chi connectivity index (χ0) is 13.0. The number of nitrogens with one attached hydrogen (secondary N) is 1. The Hall–Kier alpha value is -2.17. The van der Waals surface area contributed by atoms with Crippen molar-refractivity contribution in [3.05, 3.63) is 40.9 Å². The molecule has 0 saturated carbocycles. The van der Waals surface area contributed by atoms with E-state index >= 15 is 0 Å². The van der Waals surface area contributed by atoms with Crippen LogP contribution in [0.5, 0.6) is 0 Å². The van der Waals surface area contributed by atoms with Crippen molar-refractivity contribution in [3.63, 3.8) is 0 Å². The summed E-state index contributed by atoms with van der Waals surface area (Å²) in [4.78, 5) is 27.6. The second kappa shape index (κ2) is 5.44. The molecule has 2 rings (SSSR count). The molecule has 0 spiro atoms. The van der Waals surface area contributed by atoms with E-state index in [-0.39, 0.29) is 17.9 Å². The quantitative estimate of drug-likeness (QED) is 0.871. The minimum atomic E-state index is -0.107. The first-order chi connectivity index (χ1) is 8.72. The second-order valence-corrected chi connectivity index (χ2v) is 3.96. The maximum Gasteiger partial charge on any atom is 0.261 e. The van der Waals surface area contributed by atoms with E-state index in [0.29, 0.717) is 24.0 Å². The van der Waals surface area contributed by atoms with Gasteiger partial charge in [0.25, 0.3) is 5.56 Å². The van der Waals surface area contributed by atoms with Gasteiger partial charge in [-0.15, -0.1) is 0 Å². The van der Waals surface area contributed by atoms with Crippen LogP contribution in [0.3, 0.4) is 0 Å². The highest BCUT2D eigenvalue weighted by atomic mass is 16.1. The number of fused-ring (bicyclic) bond motifs is 1. The van der Waals surface area contributed by atoms with E-state index in [4.69, 9.17) is 0 Å². The number of aryl methyl sites for hydroxylation is 1. The molecular weight excluding hydrogens is 230 g/mol. The van der Waals surface area contributed by atoms with E-state index in [2.05, 4.69) is 10.3 Å². The molecule has 2 aromatic rings. The molecule has 0 aliphatic rings. The van der Waals surface area contributed by atoms with Gasteiger partial charge in [0.1, 0.15) is 0 Å². The zero-order valence-electron chi connectivity index (χ0n) is 10.2. The van der Waals surface area contributed by atoms with Crippen LogP contribution in [0, 0.1) is 0 Å². The predicted octanol–water partition coefficient (Wildman–Crippen LogP) is 0.923. The first-order valence-corrected chi connectivity index (χ1v) is 5.93. The van der Waals surface area contributed by atoms with Crippen LogP contribution in [0.15, 0.2) is 35.4 Å². The number of hydrogen-bond acceptors (Lipinski definition) is 3. The first-order valence-electron chi connectivity index (χ1n) is 5.93. The summed E-state index contributed by atoms with van der Waals surface area (Å²) in [5, 5.41) is 3.28. The van der Waals surface area contributed by atoms with Gasteiger partial charge in [0.15, 0.2) is 0 Å². The lowest BCUT2D eigenvalue weighted by atomic mass is 10.2. The van der Waals surface area contributed by atoms with Crippen LogP contribution in [0.25, 0.3) is 10.9 Å². The maximum atomic E-state index is 12.1. The monoisotopic (exact) mass is 245 g/mol. The number of aromatic nitrogens is 2. The molecule has 0 unspecified atom stereocenters. The van der Waals surface area contributed by atoms with E-state index in [9.17, 15) is 9.59 Å². The highest BCUT2D eigenvalue weighted by Gasteiger charge is 2.05. The molecule has 5 nitrogen and oxygen atoms in total. The second-order valence-electron chi connectivity index (χ2n) is 3.96. The summed E-state index contributed by atoms with van der Waals surface area (Å²) >= 11 is 0. The van der Waals surface area contributed by atoms with E-state index in [0.717, 1.165) is 0 Å². The molecule has 0 aliphatic heterocycles. The third kappa shape index (κ3) is 2.56. The van der Waals surface area contributed by atoms with Crippen molar-refractivity contribution in [2.45, 2.75) is 19.9 Å². The molecule has 0 bridgehead atoms. The number of hydrogen-bond donors (Lipinski definition) is 1. The Bertz CT molecular complexity index is 619. The third-order valence-corrected chi connectivity index (χ3v) is 2.69. The summed E-state index contributed by atoms with van der Waals surface area (Å²) in [7, 11) is 0. The number of para-hydroxylation sites is 1. The minimum Gasteiger partial charge on any atom is -0.356 e. The number of carbonyl (C=O) groups is 1. The molecule has 0 saturated heterocycles.